The molecule has 0 radical (unpaired) electrons. The molecule has 0 fully saturated rings. The van der Waals surface area contributed by atoms with Gasteiger partial charge in [-0.2, -0.15) is 0 Å². The van der Waals surface area contributed by atoms with E-state index in [0.717, 1.165) is 11.1 Å². The maximum atomic E-state index is 11.6. The van der Waals surface area contributed by atoms with Gasteiger partial charge in [0.15, 0.2) is 5.78 Å². The lowest BCUT2D eigenvalue weighted by molar-refractivity contribution is 0.0989. The molecule has 0 bridgehead atoms. The van der Waals surface area contributed by atoms with E-state index < -0.39 is 0 Å². The maximum Gasteiger partial charge on any atom is 0.164 e. The molecule has 0 amide bonds. The number of carbonyl (C=O) groups excluding carboxylic acids is 1. The van der Waals surface area contributed by atoms with Crippen LogP contribution >= 0.6 is 31.9 Å². The first-order chi connectivity index (χ1) is 6.69. The van der Waals surface area contributed by atoms with E-state index in [1.807, 2.05) is 6.07 Å². The molecular weight excluding hydrogens is 310 g/mol. The summed E-state index contributed by atoms with van der Waals surface area (Å²) in [4.78, 5) is 11.6. The third-order valence-corrected chi connectivity index (χ3v) is 2.90. The van der Waals surface area contributed by atoms with Gasteiger partial charge in [0.05, 0.1) is 0 Å². The van der Waals surface area contributed by atoms with Gasteiger partial charge in [-0.25, -0.2) is 0 Å². The van der Waals surface area contributed by atoms with Crippen LogP contribution in [-0.2, 0) is 5.33 Å². The number of benzene rings is 1. The number of hydrogen-bond donors (Lipinski definition) is 1. The monoisotopic (exact) mass is 319 g/mol. The molecule has 0 aliphatic carbocycles. The topological polar surface area (TPSA) is 43.1 Å². The molecule has 76 valence electrons. The van der Waals surface area contributed by atoms with Crippen LogP contribution in [-0.4, -0.2) is 11.1 Å². The summed E-state index contributed by atoms with van der Waals surface area (Å²) in [5.74, 6) is 0.149. The number of rotatable bonds is 4. The van der Waals surface area contributed by atoms with Gasteiger partial charge in [0.2, 0.25) is 0 Å². The number of ketones is 1. The lowest BCUT2D eigenvalue weighted by Gasteiger charge is -2.06. The zero-order valence-corrected chi connectivity index (χ0v) is 10.8. The molecule has 1 aromatic rings. The second-order valence-electron chi connectivity index (χ2n) is 2.91. The van der Waals surface area contributed by atoms with Gasteiger partial charge in [-0.05, 0) is 23.8 Å². The van der Waals surface area contributed by atoms with Crippen molar-refractivity contribution in [2.75, 3.05) is 11.1 Å². The van der Waals surface area contributed by atoms with Crippen LogP contribution in [0, 0.1) is 0 Å². The van der Waals surface area contributed by atoms with Crippen molar-refractivity contribution in [1.82, 2.24) is 0 Å². The van der Waals surface area contributed by atoms with Gasteiger partial charge in [0.1, 0.15) is 0 Å². The van der Waals surface area contributed by atoms with Crippen molar-refractivity contribution < 1.29 is 4.79 Å². The van der Waals surface area contributed by atoms with E-state index >= 15 is 0 Å². The lowest BCUT2D eigenvalue weighted by Crippen LogP contribution is -2.04. The highest BCUT2D eigenvalue weighted by Crippen LogP contribution is 2.18. The zero-order chi connectivity index (χ0) is 10.6. The average molecular weight is 321 g/mol. The number of alkyl halides is 2. The van der Waals surface area contributed by atoms with Crippen molar-refractivity contribution in [2.24, 2.45) is 0 Å². The van der Waals surface area contributed by atoms with E-state index in [1.54, 1.807) is 12.1 Å². The summed E-state index contributed by atoms with van der Waals surface area (Å²) < 4.78 is 0. The first-order valence-electron chi connectivity index (χ1n) is 4.22. The quantitative estimate of drug-likeness (QED) is 0.526. The molecule has 0 aliphatic heterocycles. The molecule has 0 spiro atoms. The van der Waals surface area contributed by atoms with Crippen molar-refractivity contribution in [2.45, 2.75) is 11.8 Å². The summed E-state index contributed by atoms with van der Waals surface area (Å²) >= 11 is 6.59. The Morgan fingerprint density at radius 2 is 2.07 bits per heavy atom. The normalized spacial score (nSPS) is 10.1. The van der Waals surface area contributed by atoms with E-state index in [-0.39, 0.29) is 5.78 Å². The molecule has 14 heavy (non-hydrogen) atoms. The number of nitrogens with two attached hydrogens (primary N) is 1. The minimum absolute atomic E-state index is 0.149. The van der Waals surface area contributed by atoms with Crippen molar-refractivity contribution in [1.29, 1.82) is 0 Å². The molecule has 4 heteroatoms. The van der Waals surface area contributed by atoms with Gasteiger partial charge < -0.3 is 5.73 Å². The molecule has 0 aromatic heterocycles. The summed E-state index contributed by atoms with van der Waals surface area (Å²) in [5.41, 5.74) is 8.04. The minimum atomic E-state index is 0.149. The summed E-state index contributed by atoms with van der Waals surface area (Å²) in [6.45, 7) is 0. The molecule has 0 aliphatic rings. The number of nitrogen functional groups attached to an aromatic ring is 1. The number of Topliss-reactive ketones (excluding diaryl/α,β-unsaturated/α-hetero) is 1. The minimum Gasteiger partial charge on any atom is -0.399 e. The number of halogens is 2. The van der Waals surface area contributed by atoms with E-state index in [4.69, 9.17) is 5.73 Å². The molecular formula is C10H11Br2NO. The predicted octanol–water partition coefficient (Wildman–Crippen LogP) is 3.13. The van der Waals surface area contributed by atoms with Gasteiger partial charge in [-0.3, -0.25) is 4.79 Å². The molecule has 0 saturated heterocycles. The third kappa shape index (κ3) is 2.82. The second kappa shape index (κ2) is 5.51. The highest BCUT2D eigenvalue weighted by Gasteiger charge is 2.09. The Balaban J connectivity index is 3.01. The maximum absolute atomic E-state index is 11.6. The Bertz CT molecular complexity index is 339. The SMILES string of the molecule is Nc1ccc(C(=O)CCBr)c(CBr)c1. The highest BCUT2D eigenvalue weighted by molar-refractivity contribution is 9.09. The Morgan fingerprint density at radius 3 is 2.64 bits per heavy atom. The fraction of sp³-hybridized carbons (Fsp3) is 0.300. The van der Waals surface area contributed by atoms with E-state index in [9.17, 15) is 4.79 Å². The van der Waals surface area contributed by atoms with E-state index in [2.05, 4.69) is 31.9 Å². The van der Waals surface area contributed by atoms with Crippen LogP contribution < -0.4 is 5.73 Å². The van der Waals surface area contributed by atoms with Crippen LogP contribution in [0.5, 0.6) is 0 Å². The van der Waals surface area contributed by atoms with Gasteiger partial charge in [0, 0.05) is 28.3 Å². The van der Waals surface area contributed by atoms with Gasteiger partial charge >= 0.3 is 0 Å². The first-order valence-corrected chi connectivity index (χ1v) is 6.47. The molecule has 2 N–H and O–H groups in total. The van der Waals surface area contributed by atoms with Crippen molar-refractivity contribution in [3.8, 4) is 0 Å². The largest absolute Gasteiger partial charge is 0.399 e. The van der Waals surface area contributed by atoms with Gasteiger partial charge in [-0.1, -0.05) is 31.9 Å². The first kappa shape index (κ1) is 11.7. The van der Waals surface area contributed by atoms with Gasteiger partial charge in [0.25, 0.3) is 0 Å². The average Bonchev–Trinajstić information content (AvgIpc) is 2.17. The fourth-order valence-corrected chi connectivity index (χ4v) is 2.04. The standard InChI is InChI=1S/C10H11Br2NO/c11-4-3-10(14)9-2-1-8(13)5-7(9)6-12/h1-2,5H,3-4,6,13H2. The van der Waals surface area contributed by atoms with Crippen LogP contribution in [0.25, 0.3) is 0 Å². The fourth-order valence-electron chi connectivity index (χ4n) is 1.22. The zero-order valence-electron chi connectivity index (χ0n) is 7.59. The molecule has 0 heterocycles. The van der Waals surface area contributed by atoms with Crippen LogP contribution in [0.4, 0.5) is 5.69 Å². The van der Waals surface area contributed by atoms with Crippen molar-refractivity contribution in [3.63, 3.8) is 0 Å². The van der Waals surface area contributed by atoms with Gasteiger partial charge in [-0.15, -0.1) is 0 Å². The second-order valence-corrected chi connectivity index (χ2v) is 4.27. The lowest BCUT2D eigenvalue weighted by atomic mass is 10.0. The molecule has 0 saturated carbocycles. The van der Waals surface area contributed by atoms with Crippen molar-refractivity contribution in [3.05, 3.63) is 29.3 Å². The summed E-state index contributed by atoms with van der Waals surface area (Å²) in [7, 11) is 0. The third-order valence-electron chi connectivity index (χ3n) is 1.90. The van der Waals surface area contributed by atoms with Crippen molar-refractivity contribution >= 4 is 43.3 Å². The summed E-state index contributed by atoms with van der Waals surface area (Å²) in [5, 5.41) is 1.35. The molecule has 2 nitrogen and oxygen atoms in total. The number of anilines is 1. The van der Waals surface area contributed by atoms with Crippen LogP contribution in [0.3, 0.4) is 0 Å². The Hall–Kier alpha value is -0.350. The molecule has 1 rings (SSSR count). The summed E-state index contributed by atoms with van der Waals surface area (Å²) in [6.07, 6.45) is 0.518. The molecule has 0 unspecified atom stereocenters. The Morgan fingerprint density at radius 1 is 1.36 bits per heavy atom. The van der Waals surface area contributed by atoms with Crippen LogP contribution in [0.15, 0.2) is 18.2 Å². The predicted molar refractivity (Wildman–Crippen MR) is 66.2 cm³/mol. The summed E-state index contributed by atoms with van der Waals surface area (Å²) in [6, 6.07) is 5.38. The van der Waals surface area contributed by atoms with E-state index in [1.165, 1.54) is 0 Å². The van der Waals surface area contributed by atoms with Crippen LogP contribution in [0.1, 0.15) is 22.3 Å². The van der Waals surface area contributed by atoms with Crippen LogP contribution in [0.2, 0.25) is 0 Å². The molecule has 0 atom stereocenters. The smallest absolute Gasteiger partial charge is 0.164 e. The van der Waals surface area contributed by atoms with E-state index in [0.29, 0.717) is 22.8 Å². The Labute approximate surface area is 100 Å². The molecule has 1 aromatic carbocycles. The Kier molecular flexibility index (Phi) is 4.62. The number of carbonyl (C=O) groups is 1. The number of hydrogen-bond acceptors (Lipinski definition) is 2. The highest BCUT2D eigenvalue weighted by atomic mass is 79.9.